The number of aromatic carboxylic acids is 1. The van der Waals surface area contributed by atoms with Crippen LogP contribution in [0.15, 0.2) is 40.8 Å². The molecule has 1 rings (SSSR count). The van der Waals surface area contributed by atoms with E-state index in [0.717, 1.165) is 5.54 Å². The predicted molar refractivity (Wildman–Crippen MR) is 60.4 cm³/mol. The first-order valence-corrected chi connectivity index (χ1v) is 6.37. The lowest BCUT2D eigenvalue weighted by Crippen LogP contribution is -2.05. The molecule has 0 saturated carbocycles. The highest BCUT2D eigenvalue weighted by Gasteiger charge is 2.13. The maximum Gasteiger partial charge on any atom is 0.335 e. The molecule has 0 amide bonds. The molecule has 0 aliphatic carbocycles. The number of halogens is 1. The van der Waals surface area contributed by atoms with Gasteiger partial charge in [-0.15, -0.1) is 0 Å². The second-order valence-corrected chi connectivity index (χ2v) is 5.26. The Morgan fingerprint density at radius 1 is 1.31 bits per heavy atom. The Morgan fingerprint density at radius 3 is 2.31 bits per heavy atom. The number of benzene rings is 1. The molecule has 6 heteroatoms. The van der Waals surface area contributed by atoms with E-state index in [1.807, 2.05) is 0 Å². The first-order valence-electron chi connectivity index (χ1n) is 4.29. The van der Waals surface area contributed by atoms with Crippen LogP contribution in [0, 0.1) is 0 Å². The third-order valence-electron chi connectivity index (χ3n) is 1.87. The van der Waals surface area contributed by atoms with Crippen molar-refractivity contribution < 1.29 is 18.3 Å². The zero-order valence-corrected chi connectivity index (χ0v) is 9.70. The number of sulfone groups is 1. The summed E-state index contributed by atoms with van der Waals surface area (Å²) in [7, 11) is -3.43. The van der Waals surface area contributed by atoms with E-state index >= 15 is 0 Å². The van der Waals surface area contributed by atoms with E-state index in [-0.39, 0.29) is 16.2 Å². The molecule has 0 saturated heterocycles. The van der Waals surface area contributed by atoms with Crippen LogP contribution in [-0.4, -0.2) is 25.2 Å². The minimum atomic E-state index is -3.43. The van der Waals surface area contributed by atoms with Crippen LogP contribution in [0.5, 0.6) is 0 Å². The highest BCUT2D eigenvalue weighted by atomic mass is 35.5. The summed E-state index contributed by atoms with van der Waals surface area (Å²) in [5.41, 5.74) is 1.18. The second kappa shape index (κ2) is 5.14. The van der Waals surface area contributed by atoms with E-state index in [0.29, 0.717) is 0 Å². The zero-order chi connectivity index (χ0) is 12.2. The van der Waals surface area contributed by atoms with Gasteiger partial charge in [0.15, 0.2) is 9.84 Å². The standard InChI is InChI=1S/C10H9ClO4S/c11-6-1-7-16(14,15)9-4-2-8(3-5-9)10(12)13/h1-6H,7H2,(H,12,13)/b6-1+. The quantitative estimate of drug-likeness (QED) is 0.898. The first-order chi connectivity index (χ1) is 7.47. The van der Waals surface area contributed by atoms with Crippen molar-refractivity contribution in [1.29, 1.82) is 0 Å². The molecule has 16 heavy (non-hydrogen) atoms. The molecule has 0 aliphatic rings. The highest BCUT2D eigenvalue weighted by molar-refractivity contribution is 7.91. The first kappa shape index (κ1) is 12.7. The lowest BCUT2D eigenvalue weighted by atomic mass is 10.2. The summed E-state index contributed by atoms with van der Waals surface area (Å²) >= 11 is 5.24. The largest absolute Gasteiger partial charge is 0.478 e. The van der Waals surface area contributed by atoms with Crippen LogP contribution in [0.3, 0.4) is 0 Å². The second-order valence-electron chi connectivity index (χ2n) is 2.97. The fraction of sp³-hybridized carbons (Fsp3) is 0.100. The summed E-state index contributed by atoms with van der Waals surface area (Å²) < 4.78 is 23.2. The van der Waals surface area contributed by atoms with E-state index in [2.05, 4.69) is 0 Å². The van der Waals surface area contributed by atoms with Crippen LogP contribution in [0.2, 0.25) is 0 Å². The molecule has 1 aromatic rings. The Balaban J connectivity index is 3.02. The minimum Gasteiger partial charge on any atom is -0.478 e. The van der Waals surface area contributed by atoms with Crippen molar-refractivity contribution in [2.24, 2.45) is 0 Å². The number of carboxylic acids is 1. The van der Waals surface area contributed by atoms with Gasteiger partial charge in [-0.3, -0.25) is 0 Å². The van der Waals surface area contributed by atoms with Gasteiger partial charge in [0, 0.05) is 5.54 Å². The maximum absolute atomic E-state index is 11.6. The van der Waals surface area contributed by atoms with Crippen molar-refractivity contribution in [3.05, 3.63) is 41.4 Å². The molecule has 1 N–H and O–H groups in total. The third-order valence-corrected chi connectivity index (χ3v) is 3.66. The van der Waals surface area contributed by atoms with Crippen LogP contribution in [0.25, 0.3) is 0 Å². The van der Waals surface area contributed by atoms with Crippen LogP contribution < -0.4 is 0 Å². The average Bonchev–Trinajstić information content (AvgIpc) is 2.26. The van der Waals surface area contributed by atoms with Gasteiger partial charge in [-0.2, -0.15) is 0 Å². The Bertz CT molecular complexity index is 502. The van der Waals surface area contributed by atoms with E-state index in [1.54, 1.807) is 0 Å². The van der Waals surface area contributed by atoms with Crippen LogP contribution in [-0.2, 0) is 9.84 Å². The van der Waals surface area contributed by atoms with Crippen LogP contribution in [0.4, 0.5) is 0 Å². The monoisotopic (exact) mass is 260 g/mol. The summed E-state index contributed by atoms with van der Waals surface area (Å²) in [6, 6.07) is 5.03. The zero-order valence-electron chi connectivity index (χ0n) is 8.13. The van der Waals surface area contributed by atoms with Crippen molar-refractivity contribution in [2.75, 3.05) is 5.75 Å². The molecule has 86 valence electrons. The Hall–Kier alpha value is -1.33. The fourth-order valence-corrected chi connectivity index (χ4v) is 2.35. The van der Waals surface area contributed by atoms with Gasteiger partial charge in [-0.1, -0.05) is 17.7 Å². The maximum atomic E-state index is 11.6. The molecule has 0 atom stereocenters. The molecule has 0 aromatic heterocycles. The van der Waals surface area contributed by atoms with Crippen LogP contribution in [0.1, 0.15) is 10.4 Å². The smallest absolute Gasteiger partial charge is 0.335 e. The van der Waals surface area contributed by atoms with E-state index in [4.69, 9.17) is 16.7 Å². The van der Waals surface area contributed by atoms with Gasteiger partial charge in [0.05, 0.1) is 16.2 Å². The number of carbonyl (C=O) groups is 1. The Labute approximate surface area is 98.1 Å². The van der Waals surface area contributed by atoms with Gasteiger partial charge in [0.2, 0.25) is 0 Å². The molecule has 0 unspecified atom stereocenters. The SMILES string of the molecule is O=C(O)c1ccc(S(=O)(=O)C/C=C/Cl)cc1. The third kappa shape index (κ3) is 3.08. The topological polar surface area (TPSA) is 71.4 Å². The van der Waals surface area contributed by atoms with Crippen molar-refractivity contribution in [3.63, 3.8) is 0 Å². The summed E-state index contributed by atoms with van der Waals surface area (Å²) in [5.74, 6) is -1.30. The van der Waals surface area contributed by atoms with Gasteiger partial charge >= 0.3 is 5.97 Å². The molecule has 0 bridgehead atoms. The van der Waals surface area contributed by atoms with E-state index in [9.17, 15) is 13.2 Å². The number of carboxylic acid groups (broad SMARTS) is 1. The van der Waals surface area contributed by atoms with Crippen molar-refractivity contribution in [2.45, 2.75) is 4.90 Å². The molecular formula is C10H9ClO4S. The van der Waals surface area contributed by atoms with Gasteiger partial charge in [-0.25, -0.2) is 13.2 Å². The molecule has 0 spiro atoms. The Kier molecular flexibility index (Phi) is 4.09. The lowest BCUT2D eigenvalue weighted by Gasteiger charge is -2.01. The van der Waals surface area contributed by atoms with Crippen molar-refractivity contribution in [3.8, 4) is 0 Å². The van der Waals surface area contributed by atoms with E-state index < -0.39 is 15.8 Å². The van der Waals surface area contributed by atoms with Gasteiger partial charge in [0.1, 0.15) is 0 Å². The normalized spacial score (nSPS) is 11.8. The number of hydrogen-bond acceptors (Lipinski definition) is 3. The number of rotatable bonds is 4. The van der Waals surface area contributed by atoms with Gasteiger partial charge in [0.25, 0.3) is 0 Å². The summed E-state index contributed by atoms with van der Waals surface area (Å²) in [6.07, 6.45) is 1.31. The molecular weight excluding hydrogens is 252 g/mol. The molecule has 0 radical (unpaired) electrons. The Morgan fingerprint density at radius 2 is 1.88 bits per heavy atom. The minimum absolute atomic E-state index is 0.0480. The highest BCUT2D eigenvalue weighted by Crippen LogP contribution is 2.12. The molecule has 0 heterocycles. The molecule has 0 fully saturated rings. The predicted octanol–water partition coefficient (Wildman–Crippen LogP) is 1.91. The van der Waals surface area contributed by atoms with Crippen molar-refractivity contribution in [1.82, 2.24) is 0 Å². The van der Waals surface area contributed by atoms with Crippen LogP contribution >= 0.6 is 11.6 Å². The van der Waals surface area contributed by atoms with Gasteiger partial charge < -0.3 is 5.11 Å². The number of hydrogen-bond donors (Lipinski definition) is 1. The summed E-state index contributed by atoms with van der Waals surface area (Å²) in [6.45, 7) is 0. The summed E-state index contributed by atoms with van der Waals surface area (Å²) in [4.78, 5) is 10.6. The summed E-state index contributed by atoms with van der Waals surface area (Å²) in [5, 5.41) is 8.64. The molecule has 0 aliphatic heterocycles. The molecule has 4 nitrogen and oxygen atoms in total. The average molecular weight is 261 g/mol. The van der Waals surface area contributed by atoms with Crippen molar-refractivity contribution >= 4 is 27.4 Å². The lowest BCUT2D eigenvalue weighted by molar-refractivity contribution is 0.0697. The van der Waals surface area contributed by atoms with Gasteiger partial charge in [-0.05, 0) is 24.3 Å². The van der Waals surface area contributed by atoms with E-state index in [1.165, 1.54) is 30.3 Å². The molecule has 1 aromatic carbocycles. The fourth-order valence-electron chi connectivity index (χ4n) is 1.06.